The summed E-state index contributed by atoms with van der Waals surface area (Å²) in [6, 6.07) is 12.0. The van der Waals surface area contributed by atoms with Gasteiger partial charge in [-0.3, -0.25) is 4.79 Å². The molecule has 1 heterocycles. The summed E-state index contributed by atoms with van der Waals surface area (Å²) in [6.45, 7) is 5.35. The lowest BCUT2D eigenvalue weighted by Gasteiger charge is -2.19. The van der Waals surface area contributed by atoms with E-state index in [-0.39, 0.29) is 5.91 Å². The molecular weight excluding hydrogens is 332 g/mol. The third kappa shape index (κ3) is 3.66. The molecule has 0 aliphatic heterocycles. The van der Waals surface area contributed by atoms with Gasteiger partial charge in [0.15, 0.2) is 0 Å². The van der Waals surface area contributed by atoms with Gasteiger partial charge in [0.25, 0.3) is 5.91 Å². The van der Waals surface area contributed by atoms with Crippen LogP contribution < -0.4 is 11.1 Å². The molecule has 0 atom stereocenters. The number of aromatic nitrogens is 2. The second kappa shape index (κ2) is 6.51. The van der Waals surface area contributed by atoms with Gasteiger partial charge >= 0.3 is 6.09 Å². The highest BCUT2D eigenvalue weighted by atomic mass is 16.6. The molecule has 0 bridgehead atoms. The maximum atomic E-state index is 12.4. The number of hydrogen-bond donors (Lipinski definition) is 2. The zero-order valence-electron chi connectivity index (χ0n) is 14.8. The highest BCUT2D eigenvalue weighted by molar-refractivity contribution is 6.08. The second-order valence-electron chi connectivity index (χ2n) is 6.85. The van der Waals surface area contributed by atoms with Crippen LogP contribution in [0, 0.1) is 0 Å². The van der Waals surface area contributed by atoms with Gasteiger partial charge in [0, 0.05) is 16.8 Å². The van der Waals surface area contributed by atoms with Crippen molar-refractivity contribution in [3.8, 4) is 0 Å². The normalized spacial score (nSPS) is 11.3. The van der Waals surface area contributed by atoms with Gasteiger partial charge < -0.3 is 15.8 Å². The summed E-state index contributed by atoms with van der Waals surface area (Å²) in [5, 5.41) is 7.62. The van der Waals surface area contributed by atoms with E-state index in [1.165, 1.54) is 4.68 Å². The van der Waals surface area contributed by atoms with Crippen LogP contribution in [0.15, 0.2) is 48.7 Å². The minimum atomic E-state index is -0.633. The Kier molecular flexibility index (Phi) is 4.38. The number of rotatable bonds is 2. The molecule has 3 rings (SSSR count). The summed E-state index contributed by atoms with van der Waals surface area (Å²) in [4.78, 5) is 24.7. The van der Waals surface area contributed by atoms with Crippen molar-refractivity contribution < 1.29 is 14.3 Å². The van der Waals surface area contributed by atoms with Gasteiger partial charge in [-0.2, -0.15) is 9.78 Å². The summed E-state index contributed by atoms with van der Waals surface area (Å²) >= 11 is 0. The third-order valence-corrected chi connectivity index (χ3v) is 3.60. The number of carbonyl (C=O) groups excluding carboxylic acids is 2. The zero-order chi connectivity index (χ0) is 18.9. The lowest BCUT2D eigenvalue weighted by atomic mass is 10.1. The van der Waals surface area contributed by atoms with E-state index >= 15 is 0 Å². The van der Waals surface area contributed by atoms with E-state index in [1.54, 1.807) is 69.4 Å². The Morgan fingerprint density at radius 2 is 1.88 bits per heavy atom. The average Bonchev–Trinajstić information content (AvgIpc) is 2.97. The van der Waals surface area contributed by atoms with Gasteiger partial charge in [-0.25, -0.2) is 4.79 Å². The fourth-order valence-corrected chi connectivity index (χ4v) is 2.45. The van der Waals surface area contributed by atoms with E-state index in [9.17, 15) is 9.59 Å². The minimum Gasteiger partial charge on any atom is -0.442 e. The van der Waals surface area contributed by atoms with Gasteiger partial charge in [0.2, 0.25) is 0 Å². The van der Waals surface area contributed by atoms with E-state index in [1.807, 2.05) is 0 Å². The van der Waals surface area contributed by atoms with Gasteiger partial charge in [-0.05, 0) is 51.1 Å². The van der Waals surface area contributed by atoms with Crippen LogP contribution in [-0.4, -0.2) is 27.4 Å². The highest BCUT2D eigenvalue weighted by Gasteiger charge is 2.20. The van der Waals surface area contributed by atoms with Crippen molar-refractivity contribution >= 4 is 34.3 Å². The monoisotopic (exact) mass is 352 g/mol. The smallest absolute Gasteiger partial charge is 0.435 e. The molecule has 0 radical (unpaired) electrons. The second-order valence-corrected chi connectivity index (χ2v) is 6.85. The Hall–Kier alpha value is -3.35. The quantitative estimate of drug-likeness (QED) is 0.686. The first kappa shape index (κ1) is 17.5. The van der Waals surface area contributed by atoms with Gasteiger partial charge in [0.05, 0.1) is 17.3 Å². The number of anilines is 2. The van der Waals surface area contributed by atoms with Crippen LogP contribution >= 0.6 is 0 Å². The number of benzene rings is 2. The molecule has 0 fully saturated rings. The Balaban J connectivity index is 1.89. The van der Waals surface area contributed by atoms with E-state index in [0.717, 1.165) is 5.39 Å². The molecule has 2 aromatic carbocycles. The minimum absolute atomic E-state index is 0.328. The molecule has 1 amide bonds. The number of nitrogens with two attached hydrogens (primary N) is 1. The molecule has 7 nitrogen and oxygen atoms in total. The highest BCUT2D eigenvalue weighted by Crippen LogP contribution is 2.21. The largest absolute Gasteiger partial charge is 0.442 e. The topological polar surface area (TPSA) is 99.2 Å². The molecule has 0 saturated heterocycles. The number of nitrogen functional groups attached to an aromatic ring is 1. The fraction of sp³-hybridized carbons (Fsp3) is 0.211. The van der Waals surface area contributed by atoms with E-state index < -0.39 is 11.7 Å². The predicted octanol–water partition coefficient (Wildman–Crippen LogP) is 3.65. The number of para-hydroxylation sites is 1. The number of hydrogen-bond acceptors (Lipinski definition) is 5. The molecule has 7 heteroatoms. The number of amides is 1. The molecule has 1 aromatic heterocycles. The van der Waals surface area contributed by atoms with E-state index in [0.29, 0.717) is 22.5 Å². The van der Waals surface area contributed by atoms with Crippen molar-refractivity contribution in [2.75, 3.05) is 11.1 Å². The molecule has 3 N–H and O–H groups in total. The molecule has 0 aliphatic carbocycles. The lowest BCUT2D eigenvalue weighted by molar-refractivity contribution is 0.0522. The number of ether oxygens (including phenoxy) is 1. The van der Waals surface area contributed by atoms with Gasteiger partial charge in [-0.15, -0.1) is 0 Å². The van der Waals surface area contributed by atoms with Crippen LogP contribution in [0.25, 0.3) is 10.9 Å². The van der Waals surface area contributed by atoms with Crippen LogP contribution in [-0.2, 0) is 4.74 Å². The fourth-order valence-electron chi connectivity index (χ4n) is 2.45. The summed E-state index contributed by atoms with van der Waals surface area (Å²) in [7, 11) is 0. The summed E-state index contributed by atoms with van der Waals surface area (Å²) in [5.41, 5.74) is 7.04. The summed E-state index contributed by atoms with van der Waals surface area (Å²) in [5.74, 6) is -0.328. The summed E-state index contributed by atoms with van der Waals surface area (Å²) < 4.78 is 6.53. The molecule has 0 unspecified atom stereocenters. The first-order valence-electron chi connectivity index (χ1n) is 8.11. The maximum absolute atomic E-state index is 12.4. The van der Waals surface area contributed by atoms with Crippen molar-refractivity contribution in [2.45, 2.75) is 26.4 Å². The lowest BCUT2D eigenvalue weighted by Crippen LogP contribution is -2.27. The van der Waals surface area contributed by atoms with E-state index in [4.69, 9.17) is 10.5 Å². The molecule has 0 spiro atoms. The van der Waals surface area contributed by atoms with Gasteiger partial charge in [0.1, 0.15) is 5.60 Å². The standard InChI is InChI=1S/C19H20N4O3/c1-19(2,3)26-18(25)23-16-10-13(9-8-12(16)11-21-23)22-17(24)14-6-4-5-7-15(14)20/h4-11H,20H2,1-3H3,(H,22,24). The Morgan fingerprint density at radius 1 is 1.15 bits per heavy atom. The van der Waals surface area contributed by atoms with Crippen molar-refractivity contribution in [3.05, 3.63) is 54.2 Å². The van der Waals surface area contributed by atoms with Crippen LogP contribution in [0.4, 0.5) is 16.2 Å². The molecule has 134 valence electrons. The average molecular weight is 352 g/mol. The first-order valence-corrected chi connectivity index (χ1v) is 8.11. The molecule has 26 heavy (non-hydrogen) atoms. The third-order valence-electron chi connectivity index (χ3n) is 3.60. The van der Waals surface area contributed by atoms with Crippen LogP contribution in [0.3, 0.4) is 0 Å². The van der Waals surface area contributed by atoms with Crippen LogP contribution in [0.2, 0.25) is 0 Å². The molecule has 3 aromatic rings. The SMILES string of the molecule is CC(C)(C)OC(=O)n1ncc2ccc(NC(=O)c3ccccc3N)cc21. The number of carbonyl (C=O) groups is 2. The molecule has 0 aliphatic rings. The number of nitrogens with one attached hydrogen (secondary N) is 1. The maximum Gasteiger partial charge on any atom is 0.435 e. The number of nitrogens with zero attached hydrogens (tertiary/aromatic N) is 2. The number of fused-ring (bicyclic) bond motifs is 1. The molecule has 0 saturated carbocycles. The Morgan fingerprint density at radius 3 is 2.58 bits per heavy atom. The van der Waals surface area contributed by atoms with Gasteiger partial charge in [-0.1, -0.05) is 12.1 Å². The Labute approximate surface area is 150 Å². The zero-order valence-corrected chi connectivity index (χ0v) is 14.8. The van der Waals surface area contributed by atoms with Crippen LogP contribution in [0.1, 0.15) is 31.1 Å². The summed E-state index contributed by atoms with van der Waals surface area (Å²) in [6.07, 6.45) is 0.989. The van der Waals surface area contributed by atoms with Crippen LogP contribution in [0.5, 0.6) is 0 Å². The van der Waals surface area contributed by atoms with E-state index in [2.05, 4.69) is 10.4 Å². The van der Waals surface area contributed by atoms with Crippen molar-refractivity contribution in [1.29, 1.82) is 0 Å². The molecular formula is C19H20N4O3. The predicted molar refractivity (Wildman–Crippen MR) is 100 cm³/mol. The van der Waals surface area contributed by atoms with Crippen molar-refractivity contribution in [1.82, 2.24) is 9.78 Å². The first-order chi connectivity index (χ1) is 12.2. The van der Waals surface area contributed by atoms with Crippen molar-refractivity contribution in [3.63, 3.8) is 0 Å². The Bertz CT molecular complexity index is 986. The van der Waals surface area contributed by atoms with Crippen molar-refractivity contribution in [2.24, 2.45) is 0 Å².